The molecule has 0 bridgehead atoms. The zero-order valence-corrected chi connectivity index (χ0v) is 11.8. The molecule has 0 aliphatic heterocycles. The van der Waals surface area contributed by atoms with Crippen molar-refractivity contribution in [3.63, 3.8) is 0 Å². The molecule has 0 atom stereocenters. The van der Waals surface area contributed by atoms with Gasteiger partial charge in [0.15, 0.2) is 0 Å². The molecule has 1 N–H and O–H groups in total. The van der Waals surface area contributed by atoms with E-state index in [2.05, 4.69) is 36.3 Å². The van der Waals surface area contributed by atoms with Crippen molar-refractivity contribution in [3.05, 3.63) is 53.6 Å². The number of rotatable bonds is 3. The fraction of sp³-hybridized carbons (Fsp3) is 0.188. The number of benzene rings is 2. The molecule has 2 aromatic carbocycles. The summed E-state index contributed by atoms with van der Waals surface area (Å²) in [6.07, 6.45) is 0. The minimum atomic E-state index is -0.959. The predicted molar refractivity (Wildman–Crippen MR) is 79.9 cm³/mol. The van der Waals surface area contributed by atoms with Gasteiger partial charge in [-0.2, -0.15) is 0 Å². The summed E-state index contributed by atoms with van der Waals surface area (Å²) in [5.74, 6) is -0.495. The van der Waals surface area contributed by atoms with Crippen LogP contribution in [0.3, 0.4) is 0 Å². The molecule has 0 aliphatic carbocycles. The average Bonchev–Trinajstić information content (AvgIpc) is 2.90. The number of fused-ring (bicyclic) bond motifs is 1. The monoisotopic (exact) mass is 281 g/mol. The van der Waals surface area contributed by atoms with Crippen molar-refractivity contribution in [1.29, 1.82) is 0 Å². The van der Waals surface area contributed by atoms with Crippen LogP contribution in [0.4, 0.5) is 0 Å². The number of carbonyl (C=O) groups is 1. The molecule has 0 fully saturated rings. The highest BCUT2D eigenvalue weighted by Crippen LogP contribution is 2.20. The quantitative estimate of drug-likeness (QED) is 0.800. The second kappa shape index (κ2) is 5.01. The number of nitrogens with zero attached hydrogens (tertiary/aromatic N) is 3. The summed E-state index contributed by atoms with van der Waals surface area (Å²) in [7, 11) is 0. The van der Waals surface area contributed by atoms with Crippen LogP contribution in [0.5, 0.6) is 0 Å². The zero-order valence-electron chi connectivity index (χ0n) is 11.8. The maximum atomic E-state index is 11.1. The van der Waals surface area contributed by atoms with Gasteiger partial charge in [0.05, 0.1) is 16.8 Å². The molecule has 0 saturated heterocycles. The highest BCUT2D eigenvalue weighted by Gasteiger charge is 2.10. The van der Waals surface area contributed by atoms with Crippen molar-refractivity contribution in [2.75, 3.05) is 0 Å². The van der Waals surface area contributed by atoms with Crippen LogP contribution in [0, 0.1) is 0 Å². The van der Waals surface area contributed by atoms with E-state index in [1.165, 1.54) is 11.6 Å². The highest BCUT2D eigenvalue weighted by atomic mass is 16.4. The van der Waals surface area contributed by atoms with E-state index in [1.54, 1.807) is 16.8 Å². The van der Waals surface area contributed by atoms with Gasteiger partial charge < -0.3 is 5.11 Å². The lowest BCUT2D eigenvalue weighted by atomic mass is 10.0. The van der Waals surface area contributed by atoms with E-state index in [9.17, 15) is 4.79 Å². The third-order valence-electron chi connectivity index (χ3n) is 3.50. The zero-order chi connectivity index (χ0) is 15.0. The lowest BCUT2D eigenvalue weighted by molar-refractivity contribution is 0.0697. The van der Waals surface area contributed by atoms with Gasteiger partial charge in [-0.1, -0.05) is 31.2 Å². The first-order valence-corrected chi connectivity index (χ1v) is 6.75. The number of carboxylic acid groups (broad SMARTS) is 1. The Labute approximate surface area is 121 Å². The van der Waals surface area contributed by atoms with Gasteiger partial charge in [-0.15, -0.1) is 5.10 Å². The maximum absolute atomic E-state index is 11.1. The molecule has 1 heterocycles. The van der Waals surface area contributed by atoms with Crippen LogP contribution in [-0.4, -0.2) is 26.1 Å². The van der Waals surface area contributed by atoms with Crippen molar-refractivity contribution < 1.29 is 9.90 Å². The molecule has 0 aliphatic rings. The molecule has 5 nitrogen and oxygen atoms in total. The van der Waals surface area contributed by atoms with Gasteiger partial charge in [0.1, 0.15) is 5.52 Å². The van der Waals surface area contributed by atoms with Crippen LogP contribution in [0.25, 0.3) is 16.7 Å². The van der Waals surface area contributed by atoms with Gasteiger partial charge in [-0.25, -0.2) is 9.48 Å². The Hall–Kier alpha value is -2.69. The van der Waals surface area contributed by atoms with Gasteiger partial charge in [0.25, 0.3) is 0 Å². The normalized spacial score (nSPS) is 11.2. The third kappa shape index (κ3) is 2.38. The number of aromatic carboxylic acids is 1. The van der Waals surface area contributed by atoms with E-state index in [4.69, 9.17) is 5.11 Å². The summed E-state index contributed by atoms with van der Waals surface area (Å²) in [5, 5.41) is 17.3. The standard InChI is InChI=1S/C16H15N3O2/c1-10(2)11-3-6-13(7-4-11)19-15-9-12(16(20)21)5-8-14(15)17-18-19/h3-10H,1-2H3,(H,20,21). The van der Waals surface area contributed by atoms with Crippen LogP contribution in [0.1, 0.15) is 35.7 Å². The first-order chi connectivity index (χ1) is 10.1. The van der Waals surface area contributed by atoms with Gasteiger partial charge in [0.2, 0.25) is 0 Å². The Kier molecular flexibility index (Phi) is 3.17. The van der Waals surface area contributed by atoms with Crippen molar-refractivity contribution in [3.8, 4) is 5.69 Å². The fourth-order valence-corrected chi connectivity index (χ4v) is 2.24. The fourth-order valence-electron chi connectivity index (χ4n) is 2.24. The average molecular weight is 281 g/mol. The van der Waals surface area contributed by atoms with Crippen LogP contribution in [0.15, 0.2) is 42.5 Å². The second-order valence-electron chi connectivity index (χ2n) is 5.26. The van der Waals surface area contributed by atoms with E-state index in [0.29, 0.717) is 17.0 Å². The number of hydrogen-bond donors (Lipinski definition) is 1. The molecule has 5 heteroatoms. The summed E-state index contributed by atoms with van der Waals surface area (Å²) < 4.78 is 1.66. The van der Waals surface area contributed by atoms with Crippen LogP contribution in [0.2, 0.25) is 0 Å². The SMILES string of the molecule is CC(C)c1ccc(-n2nnc3ccc(C(=O)O)cc32)cc1. The first kappa shape index (κ1) is 13.3. The molecule has 3 aromatic rings. The molecule has 0 radical (unpaired) electrons. The van der Waals surface area contributed by atoms with Gasteiger partial charge in [-0.3, -0.25) is 0 Å². The number of carboxylic acids is 1. The van der Waals surface area contributed by atoms with Crippen LogP contribution < -0.4 is 0 Å². The lowest BCUT2D eigenvalue weighted by Gasteiger charge is -2.07. The Morgan fingerprint density at radius 2 is 1.86 bits per heavy atom. The molecule has 0 saturated carbocycles. The molecule has 0 amide bonds. The van der Waals surface area contributed by atoms with Gasteiger partial charge in [0, 0.05) is 0 Å². The molecule has 3 rings (SSSR count). The number of hydrogen-bond acceptors (Lipinski definition) is 3. The summed E-state index contributed by atoms with van der Waals surface area (Å²) in [6.45, 7) is 4.28. The molecule has 0 spiro atoms. The van der Waals surface area contributed by atoms with Crippen molar-refractivity contribution in [2.24, 2.45) is 0 Å². The van der Waals surface area contributed by atoms with E-state index in [0.717, 1.165) is 5.69 Å². The smallest absolute Gasteiger partial charge is 0.335 e. The Morgan fingerprint density at radius 1 is 1.14 bits per heavy atom. The van der Waals surface area contributed by atoms with Gasteiger partial charge in [-0.05, 0) is 41.8 Å². The van der Waals surface area contributed by atoms with E-state index in [-0.39, 0.29) is 5.56 Å². The molecule has 21 heavy (non-hydrogen) atoms. The molecular weight excluding hydrogens is 266 g/mol. The van der Waals surface area contributed by atoms with E-state index in [1.807, 2.05) is 12.1 Å². The molecule has 106 valence electrons. The predicted octanol–water partition coefficient (Wildman–Crippen LogP) is 3.24. The Balaban J connectivity index is 2.11. The van der Waals surface area contributed by atoms with E-state index >= 15 is 0 Å². The summed E-state index contributed by atoms with van der Waals surface area (Å²) in [5.41, 5.74) is 3.70. The molecule has 1 aromatic heterocycles. The third-order valence-corrected chi connectivity index (χ3v) is 3.50. The topological polar surface area (TPSA) is 68.0 Å². The first-order valence-electron chi connectivity index (χ1n) is 6.75. The Morgan fingerprint density at radius 3 is 2.48 bits per heavy atom. The minimum absolute atomic E-state index is 0.227. The summed E-state index contributed by atoms with van der Waals surface area (Å²) >= 11 is 0. The van der Waals surface area contributed by atoms with E-state index < -0.39 is 5.97 Å². The number of aromatic nitrogens is 3. The largest absolute Gasteiger partial charge is 0.478 e. The summed E-state index contributed by atoms with van der Waals surface area (Å²) in [4.78, 5) is 11.1. The molecule has 0 unspecified atom stereocenters. The Bertz CT molecular complexity index is 804. The lowest BCUT2D eigenvalue weighted by Crippen LogP contribution is -1.99. The van der Waals surface area contributed by atoms with Crippen LogP contribution in [-0.2, 0) is 0 Å². The molecular formula is C16H15N3O2. The van der Waals surface area contributed by atoms with Crippen molar-refractivity contribution in [1.82, 2.24) is 15.0 Å². The van der Waals surface area contributed by atoms with Crippen molar-refractivity contribution in [2.45, 2.75) is 19.8 Å². The minimum Gasteiger partial charge on any atom is -0.478 e. The summed E-state index contributed by atoms with van der Waals surface area (Å²) in [6, 6.07) is 12.8. The highest BCUT2D eigenvalue weighted by molar-refractivity contribution is 5.92. The maximum Gasteiger partial charge on any atom is 0.335 e. The van der Waals surface area contributed by atoms with Gasteiger partial charge >= 0.3 is 5.97 Å². The van der Waals surface area contributed by atoms with Crippen molar-refractivity contribution >= 4 is 17.0 Å². The van der Waals surface area contributed by atoms with Crippen LogP contribution >= 0.6 is 0 Å². The second-order valence-corrected chi connectivity index (χ2v) is 5.26.